The number of carbonyl (C=O) groups is 1. The van der Waals surface area contributed by atoms with E-state index in [9.17, 15) is 18.7 Å². The largest absolute Gasteiger partial charge is 0.481 e. The van der Waals surface area contributed by atoms with Crippen molar-refractivity contribution in [1.82, 2.24) is 0 Å². The highest BCUT2D eigenvalue weighted by Gasteiger charge is 2.46. The number of alkyl halides is 2. The molecule has 120 valence electrons. The molecule has 1 saturated carbocycles. The lowest BCUT2D eigenvalue weighted by atomic mass is 9.67. The molecule has 0 bridgehead atoms. The van der Waals surface area contributed by atoms with Gasteiger partial charge in [-0.1, -0.05) is 19.3 Å². The van der Waals surface area contributed by atoms with Gasteiger partial charge < -0.3 is 14.6 Å². The molecule has 1 heterocycles. The van der Waals surface area contributed by atoms with Crippen molar-refractivity contribution in [3.8, 4) is 11.5 Å². The van der Waals surface area contributed by atoms with Crippen molar-refractivity contribution in [2.24, 2.45) is 0 Å². The van der Waals surface area contributed by atoms with Crippen LogP contribution in [0.15, 0.2) is 12.1 Å². The van der Waals surface area contributed by atoms with Crippen molar-refractivity contribution in [1.29, 1.82) is 0 Å². The highest BCUT2D eigenvalue weighted by molar-refractivity contribution is 5.83. The van der Waals surface area contributed by atoms with E-state index in [1.807, 2.05) is 0 Å². The van der Waals surface area contributed by atoms with Crippen LogP contribution in [0.3, 0.4) is 0 Å². The predicted octanol–water partition coefficient (Wildman–Crippen LogP) is 3.81. The topological polar surface area (TPSA) is 55.8 Å². The maximum Gasteiger partial charge on any atom is 0.314 e. The molecule has 1 fully saturated rings. The molecule has 4 nitrogen and oxygen atoms in total. The van der Waals surface area contributed by atoms with Gasteiger partial charge >= 0.3 is 5.97 Å². The van der Waals surface area contributed by atoms with Gasteiger partial charge in [-0.05, 0) is 30.5 Å². The average molecular weight is 312 g/mol. The first-order chi connectivity index (χ1) is 10.3. The first kappa shape index (κ1) is 15.1. The summed E-state index contributed by atoms with van der Waals surface area (Å²) in [6.45, 7) is 0.750. The zero-order valence-electron chi connectivity index (χ0n) is 12.3. The number of hydrogen-bond acceptors (Lipinski definition) is 3. The number of aliphatic carboxylic acids is 1. The van der Waals surface area contributed by atoms with E-state index in [2.05, 4.69) is 0 Å². The maximum absolute atomic E-state index is 14.1. The molecule has 1 aromatic rings. The SMILES string of the molecule is CC(F)(F)c1cc2c(cc1C1(C(=O)O)CCCCC1)OCO2. The molecule has 0 atom stereocenters. The van der Waals surface area contributed by atoms with Gasteiger partial charge in [-0.3, -0.25) is 4.79 Å². The van der Waals surface area contributed by atoms with E-state index in [1.54, 1.807) is 0 Å². The molecule has 1 aromatic carbocycles. The van der Waals surface area contributed by atoms with E-state index in [-0.39, 0.29) is 23.7 Å². The molecule has 0 spiro atoms. The molecule has 0 amide bonds. The molecule has 1 N–H and O–H groups in total. The summed E-state index contributed by atoms with van der Waals surface area (Å²) >= 11 is 0. The number of carboxylic acid groups (broad SMARTS) is 1. The van der Waals surface area contributed by atoms with Crippen LogP contribution in [0.1, 0.15) is 50.2 Å². The van der Waals surface area contributed by atoms with E-state index in [1.165, 1.54) is 12.1 Å². The van der Waals surface area contributed by atoms with Crippen LogP contribution < -0.4 is 9.47 Å². The first-order valence-corrected chi connectivity index (χ1v) is 7.40. The summed E-state index contributed by atoms with van der Waals surface area (Å²) in [5.74, 6) is -3.60. The number of halogens is 2. The summed E-state index contributed by atoms with van der Waals surface area (Å²) in [6.07, 6.45) is 3.10. The minimum absolute atomic E-state index is 0.0341. The standard InChI is InChI=1S/C16H18F2O4/c1-15(17,18)10-7-12-13(22-9-21-12)8-11(10)16(14(19)20)5-3-2-4-6-16/h7-8H,2-6,9H2,1H3,(H,19,20). The van der Waals surface area contributed by atoms with E-state index in [4.69, 9.17) is 9.47 Å². The Bertz CT molecular complexity index is 601. The van der Waals surface area contributed by atoms with Gasteiger partial charge in [-0.15, -0.1) is 0 Å². The average Bonchev–Trinajstić information content (AvgIpc) is 2.93. The second-order valence-corrected chi connectivity index (χ2v) is 6.09. The smallest absolute Gasteiger partial charge is 0.314 e. The van der Waals surface area contributed by atoms with Gasteiger partial charge in [0.2, 0.25) is 6.79 Å². The van der Waals surface area contributed by atoms with Crippen LogP contribution in [0.4, 0.5) is 8.78 Å². The fraction of sp³-hybridized carbons (Fsp3) is 0.562. The van der Waals surface area contributed by atoms with E-state index in [0.717, 1.165) is 26.2 Å². The lowest BCUT2D eigenvalue weighted by molar-refractivity contribution is -0.145. The number of rotatable bonds is 3. The first-order valence-electron chi connectivity index (χ1n) is 7.40. The summed E-state index contributed by atoms with van der Waals surface area (Å²) in [7, 11) is 0. The van der Waals surface area contributed by atoms with E-state index in [0.29, 0.717) is 18.6 Å². The minimum atomic E-state index is -3.14. The lowest BCUT2D eigenvalue weighted by Gasteiger charge is -2.36. The Balaban J connectivity index is 2.21. The fourth-order valence-corrected chi connectivity index (χ4v) is 3.45. The molecule has 3 rings (SSSR count). The molecule has 1 aliphatic heterocycles. The number of fused-ring (bicyclic) bond motifs is 1. The summed E-state index contributed by atoms with van der Waals surface area (Å²) in [4.78, 5) is 11.9. The van der Waals surface area contributed by atoms with Crippen molar-refractivity contribution in [2.75, 3.05) is 6.79 Å². The number of ether oxygens (including phenoxy) is 2. The molecule has 2 aliphatic rings. The highest BCUT2D eigenvalue weighted by atomic mass is 19.3. The third-order valence-electron chi connectivity index (χ3n) is 4.62. The van der Waals surface area contributed by atoms with Gasteiger partial charge in [0.25, 0.3) is 5.92 Å². The van der Waals surface area contributed by atoms with Crippen LogP contribution in [0.2, 0.25) is 0 Å². The summed E-state index contributed by atoms with van der Waals surface area (Å²) < 4.78 is 38.6. The van der Waals surface area contributed by atoms with Crippen molar-refractivity contribution < 1.29 is 28.2 Å². The highest BCUT2D eigenvalue weighted by Crippen LogP contribution is 2.49. The van der Waals surface area contributed by atoms with Gasteiger partial charge in [0.1, 0.15) is 0 Å². The Hall–Kier alpha value is -1.85. The van der Waals surface area contributed by atoms with Gasteiger partial charge in [-0.25, -0.2) is 8.78 Å². The van der Waals surface area contributed by atoms with Crippen LogP contribution in [-0.4, -0.2) is 17.9 Å². The van der Waals surface area contributed by atoms with Crippen LogP contribution in [-0.2, 0) is 16.1 Å². The van der Waals surface area contributed by atoms with Crippen LogP contribution in [0.5, 0.6) is 11.5 Å². The summed E-state index contributed by atoms with van der Waals surface area (Å²) in [6, 6.07) is 2.67. The van der Waals surface area contributed by atoms with Crippen molar-refractivity contribution in [3.63, 3.8) is 0 Å². The number of benzene rings is 1. The molecular formula is C16H18F2O4. The number of hydrogen-bond donors (Lipinski definition) is 1. The summed E-state index contributed by atoms with van der Waals surface area (Å²) in [5, 5.41) is 9.76. The Morgan fingerprint density at radius 3 is 2.32 bits per heavy atom. The number of carboxylic acids is 1. The molecule has 22 heavy (non-hydrogen) atoms. The quantitative estimate of drug-likeness (QED) is 0.922. The summed E-state index contributed by atoms with van der Waals surface area (Å²) in [5.41, 5.74) is -1.38. The molecule has 0 saturated heterocycles. The zero-order valence-corrected chi connectivity index (χ0v) is 12.3. The van der Waals surface area contributed by atoms with Crippen molar-refractivity contribution in [3.05, 3.63) is 23.3 Å². The second-order valence-electron chi connectivity index (χ2n) is 6.09. The minimum Gasteiger partial charge on any atom is -0.481 e. The van der Waals surface area contributed by atoms with Crippen LogP contribution >= 0.6 is 0 Å². The Morgan fingerprint density at radius 2 is 1.77 bits per heavy atom. The molecular weight excluding hydrogens is 294 g/mol. The van der Waals surface area contributed by atoms with E-state index >= 15 is 0 Å². The Labute approximate surface area is 127 Å². The zero-order chi connectivity index (χ0) is 16.0. The van der Waals surface area contributed by atoms with Gasteiger partial charge in [0.15, 0.2) is 11.5 Å². The van der Waals surface area contributed by atoms with Crippen molar-refractivity contribution >= 4 is 5.97 Å². The van der Waals surface area contributed by atoms with Crippen LogP contribution in [0, 0.1) is 0 Å². The molecule has 6 heteroatoms. The van der Waals surface area contributed by atoms with Gasteiger partial charge in [0.05, 0.1) is 5.41 Å². The van der Waals surface area contributed by atoms with Gasteiger partial charge in [0, 0.05) is 12.5 Å². The van der Waals surface area contributed by atoms with Gasteiger partial charge in [-0.2, -0.15) is 0 Å². The molecule has 0 aromatic heterocycles. The molecule has 0 unspecified atom stereocenters. The van der Waals surface area contributed by atoms with E-state index < -0.39 is 17.3 Å². The monoisotopic (exact) mass is 312 g/mol. The third-order valence-corrected chi connectivity index (χ3v) is 4.62. The maximum atomic E-state index is 14.1. The van der Waals surface area contributed by atoms with Crippen LogP contribution in [0.25, 0.3) is 0 Å². The third kappa shape index (κ3) is 2.30. The normalized spacial score (nSPS) is 20.0. The predicted molar refractivity (Wildman–Crippen MR) is 74.5 cm³/mol. The molecule has 0 radical (unpaired) electrons. The molecule has 1 aliphatic carbocycles. The lowest BCUT2D eigenvalue weighted by Crippen LogP contribution is -2.39. The second kappa shape index (κ2) is 5.11. The van der Waals surface area contributed by atoms with Crippen molar-refractivity contribution in [2.45, 2.75) is 50.4 Å². The Kier molecular flexibility index (Phi) is 3.50. The Morgan fingerprint density at radius 1 is 1.18 bits per heavy atom. The fourth-order valence-electron chi connectivity index (χ4n) is 3.45.